The Balaban J connectivity index is 2.18. The molecule has 1 aromatic carbocycles. The summed E-state index contributed by atoms with van der Waals surface area (Å²) in [7, 11) is 0. The quantitative estimate of drug-likeness (QED) is 0.888. The lowest BCUT2D eigenvalue weighted by Gasteiger charge is -2.21. The van der Waals surface area contributed by atoms with E-state index in [1.165, 1.54) is 24.1 Å². The lowest BCUT2D eigenvalue weighted by atomic mass is 10.1. The largest absolute Gasteiger partial charge is 0.371 e. The summed E-state index contributed by atoms with van der Waals surface area (Å²) < 4.78 is 0. The van der Waals surface area contributed by atoms with Crippen molar-refractivity contribution in [1.29, 1.82) is 0 Å². The van der Waals surface area contributed by atoms with E-state index in [0.717, 1.165) is 18.8 Å². The first-order valence-corrected chi connectivity index (χ1v) is 6.74. The normalized spacial score (nSPS) is 15.2. The Bertz CT molecular complexity index is 434. The van der Waals surface area contributed by atoms with Crippen LogP contribution in [0.4, 0.5) is 11.4 Å². The van der Waals surface area contributed by atoms with Gasteiger partial charge in [-0.15, -0.1) is 0 Å². The predicted octanol–water partition coefficient (Wildman–Crippen LogP) is 3.19. The first-order chi connectivity index (χ1) is 8.58. The molecule has 18 heavy (non-hydrogen) atoms. The minimum Gasteiger partial charge on any atom is -0.371 e. The topological polar surface area (TPSA) is 32.3 Å². The molecule has 1 amide bonds. The molecule has 0 aliphatic carbocycles. The molecular weight excluding hydrogens is 224 g/mol. The van der Waals surface area contributed by atoms with Gasteiger partial charge in [-0.3, -0.25) is 4.79 Å². The van der Waals surface area contributed by atoms with Crippen LogP contribution in [0.3, 0.4) is 0 Å². The van der Waals surface area contributed by atoms with Crippen LogP contribution in [-0.4, -0.2) is 19.0 Å². The molecule has 98 valence electrons. The lowest BCUT2D eigenvalue weighted by molar-refractivity contribution is -0.118. The summed E-state index contributed by atoms with van der Waals surface area (Å²) in [4.78, 5) is 14.1. The van der Waals surface area contributed by atoms with Gasteiger partial charge in [0.1, 0.15) is 0 Å². The van der Waals surface area contributed by atoms with Gasteiger partial charge in [-0.05, 0) is 37.5 Å². The van der Waals surface area contributed by atoms with E-state index in [4.69, 9.17) is 0 Å². The van der Waals surface area contributed by atoms with E-state index in [1.54, 1.807) is 0 Å². The Kier molecular flexibility index (Phi) is 3.90. The third-order valence-corrected chi connectivity index (χ3v) is 3.45. The van der Waals surface area contributed by atoms with Crippen LogP contribution in [0.1, 0.15) is 32.3 Å². The average Bonchev–Trinajstić information content (AvgIpc) is 2.85. The summed E-state index contributed by atoms with van der Waals surface area (Å²) in [5.74, 6) is 0.0905. The molecule has 0 aromatic heterocycles. The zero-order chi connectivity index (χ0) is 13.1. The van der Waals surface area contributed by atoms with Crippen molar-refractivity contribution in [3.8, 4) is 0 Å². The summed E-state index contributed by atoms with van der Waals surface area (Å²) in [5.41, 5.74) is 3.44. The van der Waals surface area contributed by atoms with Crippen LogP contribution in [0.2, 0.25) is 0 Å². The standard InChI is InChI=1S/C15H22N2O/c1-11(2)15(18)16-13-7-6-12(3)14(10-13)17-8-4-5-9-17/h6-7,10-11H,4-5,8-9H2,1-3H3,(H,16,18). The summed E-state index contributed by atoms with van der Waals surface area (Å²) >= 11 is 0. The van der Waals surface area contributed by atoms with Crippen LogP contribution in [0.15, 0.2) is 18.2 Å². The Morgan fingerprint density at radius 1 is 1.28 bits per heavy atom. The Hall–Kier alpha value is -1.51. The SMILES string of the molecule is Cc1ccc(NC(=O)C(C)C)cc1N1CCCC1. The summed E-state index contributed by atoms with van der Waals surface area (Å²) in [6.07, 6.45) is 2.53. The molecule has 1 saturated heterocycles. The van der Waals surface area contributed by atoms with Gasteiger partial charge in [-0.25, -0.2) is 0 Å². The van der Waals surface area contributed by atoms with Crippen LogP contribution in [0.5, 0.6) is 0 Å². The molecule has 0 bridgehead atoms. The van der Waals surface area contributed by atoms with Gasteiger partial charge in [-0.2, -0.15) is 0 Å². The number of carbonyl (C=O) groups is 1. The van der Waals surface area contributed by atoms with Crippen molar-refractivity contribution in [1.82, 2.24) is 0 Å². The van der Waals surface area contributed by atoms with E-state index < -0.39 is 0 Å². The van der Waals surface area contributed by atoms with E-state index in [-0.39, 0.29) is 11.8 Å². The zero-order valence-electron chi connectivity index (χ0n) is 11.5. The third-order valence-electron chi connectivity index (χ3n) is 3.45. The van der Waals surface area contributed by atoms with Crippen molar-refractivity contribution < 1.29 is 4.79 Å². The van der Waals surface area contributed by atoms with Gasteiger partial charge >= 0.3 is 0 Å². The number of benzene rings is 1. The molecular formula is C15H22N2O. The maximum absolute atomic E-state index is 11.7. The highest BCUT2D eigenvalue weighted by atomic mass is 16.1. The number of amides is 1. The molecule has 0 radical (unpaired) electrons. The highest BCUT2D eigenvalue weighted by Crippen LogP contribution is 2.27. The van der Waals surface area contributed by atoms with Gasteiger partial charge in [0, 0.05) is 30.4 Å². The van der Waals surface area contributed by atoms with Crippen molar-refractivity contribution in [3.05, 3.63) is 23.8 Å². The number of rotatable bonds is 3. The predicted molar refractivity (Wildman–Crippen MR) is 76.1 cm³/mol. The van der Waals surface area contributed by atoms with E-state index in [1.807, 2.05) is 19.9 Å². The van der Waals surface area contributed by atoms with Crippen LogP contribution in [-0.2, 0) is 4.79 Å². The first kappa shape index (κ1) is 12.9. The maximum atomic E-state index is 11.7. The van der Waals surface area contributed by atoms with Crippen molar-refractivity contribution in [2.75, 3.05) is 23.3 Å². The minimum absolute atomic E-state index is 0.0153. The molecule has 1 N–H and O–H groups in total. The first-order valence-electron chi connectivity index (χ1n) is 6.74. The molecule has 3 heteroatoms. The van der Waals surface area contributed by atoms with Gasteiger partial charge in [0.05, 0.1) is 0 Å². The number of nitrogens with one attached hydrogen (secondary N) is 1. The molecule has 1 aliphatic heterocycles. The van der Waals surface area contributed by atoms with Crippen molar-refractivity contribution in [2.45, 2.75) is 33.6 Å². The Labute approximate surface area is 109 Å². The second kappa shape index (κ2) is 5.42. The van der Waals surface area contributed by atoms with E-state index in [9.17, 15) is 4.79 Å². The number of hydrogen-bond donors (Lipinski definition) is 1. The summed E-state index contributed by atoms with van der Waals surface area (Å²) in [6.45, 7) is 8.20. The van der Waals surface area contributed by atoms with Gasteiger partial charge < -0.3 is 10.2 Å². The second-order valence-corrected chi connectivity index (χ2v) is 5.34. The average molecular weight is 246 g/mol. The highest BCUT2D eigenvalue weighted by molar-refractivity contribution is 5.92. The summed E-state index contributed by atoms with van der Waals surface area (Å²) in [5, 5.41) is 2.97. The van der Waals surface area contributed by atoms with Gasteiger partial charge in [0.2, 0.25) is 5.91 Å². The van der Waals surface area contributed by atoms with Crippen molar-refractivity contribution >= 4 is 17.3 Å². The molecule has 0 atom stereocenters. The number of aryl methyl sites for hydroxylation is 1. The van der Waals surface area contributed by atoms with Crippen LogP contribution in [0.25, 0.3) is 0 Å². The molecule has 0 saturated carbocycles. The van der Waals surface area contributed by atoms with Gasteiger partial charge in [0.25, 0.3) is 0 Å². The Morgan fingerprint density at radius 3 is 2.56 bits per heavy atom. The zero-order valence-corrected chi connectivity index (χ0v) is 11.5. The summed E-state index contributed by atoms with van der Waals surface area (Å²) in [6, 6.07) is 6.17. The van der Waals surface area contributed by atoms with Crippen LogP contribution >= 0.6 is 0 Å². The van der Waals surface area contributed by atoms with Gasteiger partial charge in [-0.1, -0.05) is 19.9 Å². The van der Waals surface area contributed by atoms with Crippen LogP contribution < -0.4 is 10.2 Å². The lowest BCUT2D eigenvalue weighted by Crippen LogP contribution is -2.20. The number of nitrogens with zero attached hydrogens (tertiary/aromatic N) is 1. The molecule has 1 heterocycles. The molecule has 2 rings (SSSR count). The number of anilines is 2. The molecule has 1 aliphatic rings. The molecule has 0 spiro atoms. The molecule has 1 aromatic rings. The second-order valence-electron chi connectivity index (χ2n) is 5.34. The minimum atomic E-state index is 0.0153. The fraction of sp³-hybridized carbons (Fsp3) is 0.533. The Morgan fingerprint density at radius 2 is 1.94 bits per heavy atom. The van der Waals surface area contributed by atoms with Crippen LogP contribution in [0, 0.1) is 12.8 Å². The number of carbonyl (C=O) groups excluding carboxylic acids is 1. The van der Waals surface area contributed by atoms with E-state index in [2.05, 4.69) is 29.3 Å². The highest BCUT2D eigenvalue weighted by Gasteiger charge is 2.15. The fourth-order valence-corrected chi connectivity index (χ4v) is 2.27. The molecule has 0 unspecified atom stereocenters. The molecule has 1 fully saturated rings. The van der Waals surface area contributed by atoms with Gasteiger partial charge in [0.15, 0.2) is 0 Å². The third kappa shape index (κ3) is 2.84. The molecule has 3 nitrogen and oxygen atoms in total. The number of hydrogen-bond acceptors (Lipinski definition) is 2. The van der Waals surface area contributed by atoms with E-state index in [0.29, 0.717) is 0 Å². The monoisotopic (exact) mass is 246 g/mol. The van der Waals surface area contributed by atoms with E-state index >= 15 is 0 Å². The maximum Gasteiger partial charge on any atom is 0.226 e. The smallest absolute Gasteiger partial charge is 0.226 e. The fourth-order valence-electron chi connectivity index (χ4n) is 2.27. The van der Waals surface area contributed by atoms with Crippen molar-refractivity contribution in [3.63, 3.8) is 0 Å². The van der Waals surface area contributed by atoms with Crippen molar-refractivity contribution in [2.24, 2.45) is 5.92 Å².